The minimum Gasteiger partial charge on any atom is -0.487 e. The van der Waals surface area contributed by atoms with Gasteiger partial charge in [0.1, 0.15) is 11.4 Å². The number of hydrogen-bond donors (Lipinski definition) is 5. The summed E-state index contributed by atoms with van der Waals surface area (Å²) in [4.78, 5) is 0. The van der Waals surface area contributed by atoms with E-state index in [1.165, 1.54) is 6.20 Å². The molecule has 0 aromatic heterocycles. The van der Waals surface area contributed by atoms with Crippen molar-refractivity contribution in [2.45, 2.75) is 52.2 Å². The summed E-state index contributed by atoms with van der Waals surface area (Å²) in [5.74, 6) is 0.597. The predicted octanol–water partition coefficient (Wildman–Crippen LogP) is 2.19. The number of nitrogen functional groups attached to an aromatic ring is 1. The van der Waals surface area contributed by atoms with Gasteiger partial charge in [0, 0.05) is 29.4 Å². The zero-order chi connectivity index (χ0) is 23.4. The number of nitrogens with two attached hydrogens (primary N) is 3. The van der Waals surface area contributed by atoms with Gasteiger partial charge >= 0.3 is 7.12 Å². The van der Waals surface area contributed by atoms with Crippen LogP contribution in [-0.4, -0.2) is 35.0 Å². The molecule has 0 unspecified atom stereocenters. The van der Waals surface area contributed by atoms with Gasteiger partial charge in [-0.1, -0.05) is 24.3 Å². The Balaban J connectivity index is 2.40. The molecule has 2 aromatic carbocycles. The third-order valence-electron chi connectivity index (χ3n) is 4.78. The van der Waals surface area contributed by atoms with E-state index in [4.69, 9.17) is 26.7 Å². The molecule has 0 saturated carbocycles. The lowest BCUT2D eigenvalue weighted by Gasteiger charge is -2.30. The molecule has 8 N–H and O–H groups in total. The normalized spacial score (nSPS) is 12.7. The van der Waals surface area contributed by atoms with Crippen LogP contribution in [0.5, 0.6) is 5.75 Å². The molecule has 0 bridgehead atoms. The van der Waals surface area contributed by atoms with Crippen LogP contribution < -0.4 is 27.4 Å². The van der Waals surface area contributed by atoms with Crippen LogP contribution in [0.1, 0.15) is 46.6 Å². The highest BCUT2D eigenvalue weighted by Gasteiger charge is 2.24. The van der Waals surface area contributed by atoms with E-state index >= 15 is 0 Å². The van der Waals surface area contributed by atoms with Gasteiger partial charge in [-0.25, -0.2) is 0 Å². The van der Waals surface area contributed by atoms with E-state index < -0.39 is 12.7 Å². The van der Waals surface area contributed by atoms with Gasteiger partial charge in [-0.3, -0.25) is 0 Å². The number of hydrogen-bond acceptors (Lipinski definition) is 7. The number of benzene rings is 2. The van der Waals surface area contributed by atoms with Crippen LogP contribution >= 0.6 is 0 Å². The molecular formula is C23H34BN3O4. The molecule has 0 saturated heterocycles. The van der Waals surface area contributed by atoms with Gasteiger partial charge in [-0.05, 0) is 57.8 Å². The summed E-state index contributed by atoms with van der Waals surface area (Å²) in [6, 6.07) is 10.4. The summed E-state index contributed by atoms with van der Waals surface area (Å²) in [6.07, 6.45) is 1.97. The SMILES string of the molecule is CC(C)(C)OCCC(C)(C)Oc1ccc(B(O)O)cc1-c1ccc(/C(N)=C\N)c(N)c1. The van der Waals surface area contributed by atoms with E-state index in [-0.39, 0.29) is 5.60 Å². The summed E-state index contributed by atoms with van der Waals surface area (Å²) in [7, 11) is -1.60. The predicted molar refractivity (Wildman–Crippen MR) is 127 cm³/mol. The van der Waals surface area contributed by atoms with E-state index in [0.717, 1.165) is 5.56 Å². The fourth-order valence-corrected chi connectivity index (χ4v) is 3.06. The standard InChI is InChI=1S/C23H34BN3O4/c1-22(2,3)30-11-10-23(4,5)31-21-9-7-16(24(28)29)13-18(21)15-6-8-17(19(26)12-15)20(27)14-25/h6-9,12-14,28-29H,10-11,25-27H2,1-5H3/b20-14+. The van der Waals surface area contributed by atoms with E-state index in [2.05, 4.69) is 0 Å². The van der Waals surface area contributed by atoms with Crippen LogP contribution in [0.25, 0.3) is 16.8 Å². The van der Waals surface area contributed by atoms with Gasteiger partial charge in [0.2, 0.25) is 0 Å². The molecular weight excluding hydrogens is 393 g/mol. The maximum Gasteiger partial charge on any atom is 0.488 e. The Morgan fingerprint density at radius 1 is 1.06 bits per heavy atom. The second-order valence-electron chi connectivity index (χ2n) is 9.13. The Morgan fingerprint density at radius 2 is 1.74 bits per heavy atom. The molecule has 0 fully saturated rings. The molecule has 0 heterocycles. The molecule has 0 radical (unpaired) electrons. The van der Waals surface area contributed by atoms with Crippen molar-refractivity contribution in [3.63, 3.8) is 0 Å². The highest BCUT2D eigenvalue weighted by molar-refractivity contribution is 6.58. The molecule has 0 atom stereocenters. The number of anilines is 1. The van der Waals surface area contributed by atoms with Crippen molar-refractivity contribution in [2.24, 2.45) is 11.5 Å². The van der Waals surface area contributed by atoms with Gasteiger partial charge in [0.25, 0.3) is 0 Å². The van der Waals surface area contributed by atoms with E-state index in [1.807, 2.05) is 40.7 Å². The van der Waals surface area contributed by atoms with Crippen molar-refractivity contribution < 1.29 is 19.5 Å². The Bertz CT molecular complexity index is 937. The van der Waals surface area contributed by atoms with E-state index in [1.54, 1.807) is 30.3 Å². The van der Waals surface area contributed by atoms with Gasteiger partial charge in [0.05, 0.1) is 17.9 Å². The first-order valence-corrected chi connectivity index (χ1v) is 10.2. The highest BCUT2D eigenvalue weighted by atomic mass is 16.5. The third kappa shape index (κ3) is 6.92. The van der Waals surface area contributed by atoms with Crippen molar-refractivity contribution >= 4 is 24.0 Å². The zero-order valence-corrected chi connectivity index (χ0v) is 19.0. The van der Waals surface area contributed by atoms with Crippen LogP contribution in [0.15, 0.2) is 42.6 Å². The summed E-state index contributed by atoms with van der Waals surface area (Å²) in [5, 5.41) is 19.3. The molecule has 0 aliphatic carbocycles. The first-order valence-electron chi connectivity index (χ1n) is 10.2. The lowest BCUT2D eigenvalue weighted by molar-refractivity contribution is -0.0291. The number of ether oxygens (including phenoxy) is 2. The summed E-state index contributed by atoms with van der Waals surface area (Å²) in [6.45, 7) is 10.6. The van der Waals surface area contributed by atoms with Crippen LogP contribution in [0.2, 0.25) is 0 Å². The number of rotatable bonds is 8. The van der Waals surface area contributed by atoms with Crippen molar-refractivity contribution in [1.29, 1.82) is 0 Å². The Morgan fingerprint density at radius 3 is 2.29 bits per heavy atom. The van der Waals surface area contributed by atoms with Crippen molar-refractivity contribution in [3.05, 3.63) is 48.2 Å². The second kappa shape index (κ2) is 9.64. The molecule has 0 aliphatic rings. The average Bonchev–Trinajstić information content (AvgIpc) is 2.65. The quantitative estimate of drug-likeness (QED) is 0.322. The fraction of sp³-hybridized carbons (Fsp3) is 0.391. The zero-order valence-electron chi connectivity index (χ0n) is 19.0. The molecule has 7 nitrogen and oxygen atoms in total. The van der Waals surface area contributed by atoms with Crippen LogP contribution in [0, 0.1) is 0 Å². The summed E-state index contributed by atoms with van der Waals surface area (Å²) in [5.41, 5.74) is 20.1. The first-order chi connectivity index (χ1) is 14.3. The first kappa shape index (κ1) is 24.6. The second-order valence-corrected chi connectivity index (χ2v) is 9.13. The van der Waals surface area contributed by atoms with Crippen LogP contribution in [-0.2, 0) is 4.74 Å². The molecule has 0 aliphatic heterocycles. The summed E-state index contributed by atoms with van der Waals surface area (Å²) >= 11 is 0. The van der Waals surface area contributed by atoms with Crippen LogP contribution in [0.3, 0.4) is 0 Å². The van der Waals surface area contributed by atoms with E-state index in [9.17, 15) is 10.0 Å². The minimum absolute atomic E-state index is 0.223. The molecule has 0 amide bonds. The fourth-order valence-electron chi connectivity index (χ4n) is 3.06. The van der Waals surface area contributed by atoms with E-state index in [0.29, 0.717) is 46.8 Å². The van der Waals surface area contributed by atoms with Crippen LogP contribution in [0.4, 0.5) is 5.69 Å². The topological polar surface area (TPSA) is 137 Å². The molecule has 2 rings (SSSR count). The summed E-state index contributed by atoms with van der Waals surface area (Å²) < 4.78 is 12.2. The smallest absolute Gasteiger partial charge is 0.487 e. The lowest BCUT2D eigenvalue weighted by Crippen LogP contribution is -2.33. The monoisotopic (exact) mass is 427 g/mol. The molecule has 8 heteroatoms. The average molecular weight is 427 g/mol. The van der Waals surface area contributed by atoms with Gasteiger partial charge < -0.3 is 36.7 Å². The molecule has 0 spiro atoms. The minimum atomic E-state index is -1.60. The molecule has 31 heavy (non-hydrogen) atoms. The largest absolute Gasteiger partial charge is 0.488 e. The van der Waals surface area contributed by atoms with Crippen molar-refractivity contribution in [3.8, 4) is 16.9 Å². The maximum atomic E-state index is 9.65. The molecule has 168 valence electrons. The lowest BCUT2D eigenvalue weighted by atomic mass is 9.79. The molecule has 2 aromatic rings. The van der Waals surface area contributed by atoms with Gasteiger partial charge in [-0.2, -0.15) is 0 Å². The van der Waals surface area contributed by atoms with Gasteiger partial charge in [-0.15, -0.1) is 0 Å². The maximum absolute atomic E-state index is 9.65. The Kier molecular flexibility index (Phi) is 7.65. The highest BCUT2D eigenvalue weighted by Crippen LogP contribution is 2.35. The van der Waals surface area contributed by atoms with Gasteiger partial charge in [0.15, 0.2) is 0 Å². The Labute approximate surface area is 185 Å². The van der Waals surface area contributed by atoms with Crippen molar-refractivity contribution in [2.75, 3.05) is 12.3 Å². The van der Waals surface area contributed by atoms with Crippen molar-refractivity contribution in [1.82, 2.24) is 0 Å². The third-order valence-corrected chi connectivity index (χ3v) is 4.78. The Hall–Kier alpha value is -2.68.